The zero-order valence-corrected chi connectivity index (χ0v) is 12.9. The van der Waals surface area contributed by atoms with E-state index in [0.29, 0.717) is 18.9 Å². The molecule has 21 heavy (non-hydrogen) atoms. The standard InChI is InChI=1S/C17H24FNO2/c1-3-19(14-6-4-5-7-14)17(20)11-9-13-8-10-16(21-2)15(18)12-13/h8,10,12,14H,3-7,9,11H2,1-2H3. The molecule has 0 aliphatic heterocycles. The van der Waals surface area contributed by atoms with Crippen molar-refractivity contribution in [2.24, 2.45) is 0 Å². The van der Waals surface area contributed by atoms with Crippen molar-refractivity contribution in [3.05, 3.63) is 29.6 Å². The molecule has 4 heteroatoms. The van der Waals surface area contributed by atoms with Crippen molar-refractivity contribution >= 4 is 5.91 Å². The molecule has 1 aromatic rings. The lowest BCUT2D eigenvalue weighted by Gasteiger charge is -2.27. The normalized spacial score (nSPS) is 15.2. The van der Waals surface area contributed by atoms with Crippen LogP contribution in [0.15, 0.2) is 18.2 Å². The predicted octanol–water partition coefficient (Wildman–Crippen LogP) is 3.56. The van der Waals surface area contributed by atoms with Crippen LogP contribution in [0.5, 0.6) is 5.75 Å². The largest absolute Gasteiger partial charge is 0.494 e. The van der Waals surface area contributed by atoms with Gasteiger partial charge in [0.2, 0.25) is 5.91 Å². The number of halogens is 1. The summed E-state index contributed by atoms with van der Waals surface area (Å²) in [6.45, 7) is 2.80. The second kappa shape index (κ2) is 7.43. The number of rotatable bonds is 6. The van der Waals surface area contributed by atoms with Crippen LogP contribution in [0.2, 0.25) is 0 Å². The van der Waals surface area contributed by atoms with Crippen molar-refractivity contribution < 1.29 is 13.9 Å². The fourth-order valence-electron chi connectivity index (χ4n) is 3.11. The minimum atomic E-state index is -0.370. The van der Waals surface area contributed by atoms with E-state index in [9.17, 15) is 9.18 Å². The summed E-state index contributed by atoms with van der Waals surface area (Å²) in [5.41, 5.74) is 0.837. The van der Waals surface area contributed by atoms with Gasteiger partial charge >= 0.3 is 0 Å². The van der Waals surface area contributed by atoms with E-state index in [1.54, 1.807) is 6.07 Å². The van der Waals surface area contributed by atoms with Crippen LogP contribution >= 0.6 is 0 Å². The van der Waals surface area contributed by atoms with Gasteiger partial charge in [-0.3, -0.25) is 4.79 Å². The maximum atomic E-state index is 13.6. The van der Waals surface area contributed by atoms with Crippen LogP contribution in [-0.2, 0) is 11.2 Å². The third-order valence-corrected chi connectivity index (χ3v) is 4.27. The van der Waals surface area contributed by atoms with Gasteiger partial charge in [-0.05, 0) is 43.9 Å². The van der Waals surface area contributed by atoms with E-state index in [1.165, 1.54) is 26.0 Å². The molecule has 0 aromatic heterocycles. The molecule has 0 radical (unpaired) electrons. The van der Waals surface area contributed by atoms with Gasteiger partial charge in [-0.1, -0.05) is 18.9 Å². The van der Waals surface area contributed by atoms with Crippen molar-refractivity contribution in [3.8, 4) is 5.75 Å². The highest BCUT2D eigenvalue weighted by atomic mass is 19.1. The molecule has 0 saturated heterocycles. The van der Waals surface area contributed by atoms with E-state index in [1.807, 2.05) is 17.9 Å². The number of benzene rings is 1. The Kier molecular flexibility index (Phi) is 5.59. The Morgan fingerprint density at radius 2 is 2.10 bits per heavy atom. The van der Waals surface area contributed by atoms with Crippen molar-refractivity contribution in [1.29, 1.82) is 0 Å². The number of hydrogen-bond donors (Lipinski definition) is 0. The van der Waals surface area contributed by atoms with Gasteiger partial charge in [-0.25, -0.2) is 4.39 Å². The van der Waals surface area contributed by atoms with Gasteiger partial charge in [0.15, 0.2) is 11.6 Å². The van der Waals surface area contributed by atoms with Crippen LogP contribution in [0.25, 0.3) is 0 Å². The van der Waals surface area contributed by atoms with Crippen LogP contribution in [0.1, 0.15) is 44.6 Å². The molecule has 0 unspecified atom stereocenters. The van der Waals surface area contributed by atoms with Gasteiger partial charge in [-0.15, -0.1) is 0 Å². The second-order valence-corrected chi connectivity index (χ2v) is 5.59. The SMILES string of the molecule is CCN(C(=O)CCc1ccc(OC)c(F)c1)C1CCCC1. The number of amides is 1. The van der Waals surface area contributed by atoms with E-state index in [0.717, 1.165) is 24.9 Å². The van der Waals surface area contributed by atoms with Crippen molar-refractivity contribution in [2.75, 3.05) is 13.7 Å². The molecular weight excluding hydrogens is 269 g/mol. The summed E-state index contributed by atoms with van der Waals surface area (Å²) < 4.78 is 18.5. The van der Waals surface area contributed by atoms with E-state index in [2.05, 4.69) is 0 Å². The van der Waals surface area contributed by atoms with Crippen LogP contribution in [0.4, 0.5) is 4.39 Å². The Morgan fingerprint density at radius 3 is 2.67 bits per heavy atom. The Labute approximate surface area is 126 Å². The molecular formula is C17H24FNO2. The predicted molar refractivity (Wildman–Crippen MR) is 80.9 cm³/mol. The molecule has 1 saturated carbocycles. The first-order chi connectivity index (χ1) is 10.2. The first-order valence-electron chi connectivity index (χ1n) is 7.77. The molecule has 0 atom stereocenters. The molecule has 1 amide bonds. The summed E-state index contributed by atoms with van der Waals surface area (Å²) in [6, 6.07) is 5.30. The minimum Gasteiger partial charge on any atom is -0.494 e. The first kappa shape index (κ1) is 15.8. The fourth-order valence-corrected chi connectivity index (χ4v) is 3.11. The van der Waals surface area contributed by atoms with Crippen LogP contribution in [0, 0.1) is 5.82 Å². The second-order valence-electron chi connectivity index (χ2n) is 5.59. The topological polar surface area (TPSA) is 29.5 Å². The molecule has 2 rings (SSSR count). The van der Waals surface area contributed by atoms with Gasteiger partial charge in [0.05, 0.1) is 7.11 Å². The summed E-state index contributed by atoms with van der Waals surface area (Å²) in [5.74, 6) is 0.0532. The summed E-state index contributed by atoms with van der Waals surface area (Å²) in [4.78, 5) is 14.3. The highest BCUT2D eigenvalue weighted by Gasteiger charge is 2.24. The number of nitrogens with zero attached hydrogens (tertiary/aromatic N) is 1. The molecule has 1 aliphatic rings. The van der Waals surface area contributed by atoms with Crippen molar-refractivity contribution in [2.45, 2.75) is 51.5 Å². The third kappa shape index (κ3) is 3.96. The zero-order valence-electron chi connectivity index (χ0n) is 12.9. The summed E-state index contributed by atoms with van der Waals surface area (Å²) in [6.07, 6.45) is 5.70. The molecule has 0 heterocycles. The van der Waals surface area contributed by atoms with Crippen molar-refractivity contribution in [1.82, 2.24) is 4.90 Å². The first-order valence-corrected chi connectivity index (χ1v) is 7.77. The average Bonchev–Trinajstić information content (AvgIpc) is 3.00. The Hall–Kier alpha value is -1.58. The highest BCUT2D eigenvalue weighted by molar-refractivity contribution is 5.76. The molecule has 0 spiro atoms. The molecule has 1 aromatic carbocycles. The van der Waals surface area contributed by atoms with Crippen LogP contribution < -0.4 is 4.74 Å². The lowest BCUT2D eigenvalue weighted by molar-refractivity contribution is -0.133. The number of carbonyl (C=O) groups excluding carboxylic acids is 1. The lowest BCUT2D eigenvalue weighted by Crippen LogP contribution is -2.38. The number of carbonyl (C=O) groups is 1. The number of ether oxygens (including phenoxy) is 1. The lowest BCUT2D eigenvalue weighted by atomic mass is 10.1. The smallest absolute Gasteiger partial charge is 0.223 e. The Bertz CT molecular complexity index is 484. The number of hydrogen-bond acceptors (Lipinski definition) is 2. The maximum Gasteiger partial charge on any atom is 0.223 e. The number of aryl methyl sites for hydroxylation is 1. The molecule has 1 fully saturated rings. The van der Waals surface area contributed by atoms with Crippen molar-refractivity contribution in [3.63, 3.8) is 0 Å². The van der Waals surface area contributed by atoms with E-state index >= 15 is 0 Å². The quantitative estimate of drug-likeness (QED) is 0.802. The average molecular weight is 293 g/mol. The Morgan fingerprint density at radius 1 is 1.38 bits per heavy atom. The summed E-state index contributed by atoms with van der Waals surface area (Å²) in [5, 5.41) is 0. The summed E-state index contributed by atoms with van der Waals surface area (Å²) >= 11 is 0. The summed E-state index contributed by atoms with van der Waals surface area (Å²) in [7, 11) is 1.45. The van der Waals surface area contributed by atoms with E-state index < -0.39 is 0 Å². The van der Waals surface area contributed by atoms with Crippen LogP contribution in [-0.4, -0.2) is 30.5 Å². The maximum absolute atomic E-state index is 13.6. The molecule has 0 N–H and O–H groups in total. The third-order valence-electron chi connectivity index (χ3n) is 4.27. The molecule has 1 aliphatic carbocycles. The Balaban J connectivity index is 1.91. The zero-order chi connectivity index (χ0) is 15.2. The fraction of sp³-hybridized carbons (Fsp3) is 0.588. The van der Waals surface area contributed by atoms with E-state index in [-0.39, 0.29) is 17.5 Å². The minimum absolute atomic E-state index is 0.181. The van der Waals surface area contributed by atoms with E-state index in [4.69, 9.17) is 4.74 Å². The molecule has 0 bridgehead atoms. The number of methoxy groups -OCH3 is 1. The van der Waals surface area contributed by atoms with Gasteiger partial charge in [-0.2, -0.15) is 0 Å². The van der Waals surface area contributed by atoms with Gasteiger partial charge in [0.1, 0.15) is 0 Å². The molecule has 116 valence electrons. The van der Waals surface area contributed by atoms with Crippen LogP contribution in [0.3, 0.4) is 0 Å². The van der Waals surface area contributed by atoms with Gasteiger partial charge in [0.25, 0.3) is 0 Å². The monoisotopic (exact) mass is 293 g/mol. The van der Waals surface area contributed by atoms with Gasteiger partial charge < -0.3 is 9.64 Å². The van der Waals surface area contributed by atoms with Gasteiger partial charge in [0, 0.05) is 19.0 Å². The molecule has 3 nitrogen and oxygen atoms in total. The highest BCUT2D eigenvalue weighted by Crippen LogP contribution is 2.24.